The van der Waals surface area contributed by atoms with Gasteiger partial charge in [-0.1, -0.05) is 72.9 Å². The largest absolute Gasteiger partial charge is 0.548 e. The molecule has 6 nitrogen and oxygen atoms in total. The summed E-state index contributed by atoms with van der Waals surface area (Å²) >= 11 is 16.1. The Bertz CT molecular complexity index is 1490. The summed E-state index contributed by atoms with van der Waals surface area (Å²) in [5.74, 6) is -1.65. The number of Topliss-reactive ketones (excluding diaryl/α,β-unsaturated/α-hetero) is 2. The lowest BCUT2D eigenvalue weighted by atomic mass is 9.63. The van der Waals surface area contributed by atoms with Crippen LogP contribution in [0.15, 0.2) is 63.4 Å². The van der Waals surface area contributed by atoms with E-state index >= 15 is 0 Å². The topological polar surface area (TPSA) is 86.7 Å². The molecule has 3 aliphatic rings. The van der Waals surface area contributed by atoms with Crippen LogP contribution in [-0.4, -0.2) is 29.0 Å². The summed E-state index contributed by atoms with van der Waals surface area (Å²) in [6.07, 6.45) is 1.56. The van der Waals surface area contributed by atoms with Crippen molar-refractivity contribution in [3.63, 3.8) is 0 Å². The number of halogens is 3. The van der Waals surface area contributed by atoms with Gasteiger partial charge in [-0.05, 0) is 54.0 Å². The van der Waals surface area contributed by atoms with E-state index in [1.54, 1.807) is 23.1 Å². The number of hydrogen-bond donors (Lipinski definition) is 0. The van der Waals surface area contributed by atoms with Gasteiger partial charge in [0.2, 0.25) is 0 Å². The van der Waals surface area contributed by atoms with Crippen LogP contribution in [0.1, 0.15) is 70.4 Å². The smallest absolute Gasteiger partial charge is 0.162 e. The first-order valence-corrected chi connectivity index (χ1v) is 15.1. The van der Waals surface area contributed by atoms with Crippen LogP contribution >= 0.6 is 39.1 Å². The van der Waals surface area contributed by atoms with Crippen LogP contribution in [0.4, 0.5) is 0 Å². The van der Waals surface area contributed by atoms with E-state index in [2.05, 4.69) is 15.9 Å². The molecule has 0 saturated heterocycles. The Hall–Kier alpha value is -2.61. The maximum Gasteiger partial charge on any atom is 0.162 e. The van der Waals surface area contributed by atoms with E-state index in [4.69, 9.17) is 27.9 Å². The molecular formula is C32H31BrCl2NO5-. The first-order valence-electron chi connectivity index (χ1n) is 13.5. The van der Waals surface area contributed by atoms with Crippen LogP contribution in [0.2, 0.25) is 10.0 Å². The summed E-state index contributed by atoms with van der Waals surface area (Å²) in [5.41, 5.74) is 2.87. The Kier molecular flexibility index (Phi) is 7.94. The highest BCUT2D eigenvalue weighted by atomic mass is 79.9. The normalized spacial score (nSPS) is 20.2. The number of carboxylic acids is 1. The molecule has 1 aliphatic heterocycles. The van der Waals surface area contributed by atoms with Gasteiger partial charge in [-0.25, -0.2) is 0 Å². The number of hydrogen-bond acceptors (Lipinski definition) is 6. The van der Waals surface area contributed by atoms with Gasteiger partial charge in [0.1, 0.15) is 12.4 Å². The van der Waals surface area contributed by atoms with Crippen LogP contribution < -0.4 is 9.84 Å². The minimum Gasteiger partial charge on any atom is -0.548 e. The highest BCUT2D eigenvalue weighted by Gasteiger charge is 2.49. The van der Waals surface area contributed by atoms with Crippen molar-refractivity contribution in [1.29, 1.82) is 0 Å². The molecule has 5 rings (SSSR count). The predicted octanol–water partition coefficient (Wildman–Crippen LogP) is 6.77. The maximum absolute atomic E-state index is 14.0. The zero-order valence-electron chi connectivity index (χ0n) is 23.4. The molecule has 0 bridgehead atoms. The average Bonchev–Trinajstić information content (AvgIpc) is 2.83. The molecule has 41 heavy (non-hydrogen) atoms. The number of benzene rings is 2. The fourth-order valence-corrected chi connectivity index (χ4v) is 7.19. The lowest BCUT2D eigenvalue weighted by Gasteiger charge is -2.49. The summed E-state index contributed by atoms with van der Waals surface area (Å²) in [6, 6.07) is 10.7. The van der Waals surface area contributed by atoms with Gasteiger partial charge in [0.15, 0.2) is 11.6 Å². The Labute approximate surface area is 258 Å². The third-order valence-corrected chi connectivity index (χ3v) is 9.07. The molecular weight excluding hydrogens is 629 g/mol. The van der Waals surface area contributed by atoms with Crippen molar-refractivity contribution in [2.24, 2.45) is 10.8 Å². The lowest BCUT2D eigenvalue weighted by Crippen LogP contribution is -2.47. The fraction of sp³-hybridized carbons (Fsp3) is 0.406. The Balaban J connectivity index is 1.71. The molecule has 0 spiro atoms. The molecule has 0 fully saturated rings. The van der Waals surface area contributed by atoms with Crippen molar-refractivity contribution in [3.05, 3.63) is 84.6 Å². The second kappa shape index (κ2) is 10.9. The van der Waals surface area contributed by atoms with Crippen molar-refractivity contribution in [2.45, 2.75) is 65.9 Å². The molecule has 0 aromatic heterocycles. The van der Waals surface area contributed by atoms with Crippen LogP contribution in [0, 0.1) is 10.8 Å². The summed E-state index contributed by atoms with van der Waals surface area (Å²) in [4.78, 5) is 41.6. The highest BCUT2D eigenvalue weighted by molar-refractivity contribution is 9.10. The maximum atomic E-state index is 14.0. The van der Waals surface area contributed by atoms with Crippen LogP contribution in [0.3, 0.4) is 0 Å². The first kappa shape index (κ1) is 29.9. The third kappa shape index (κ3) is 5.99. The molecule has 0 saturated carbocycles. The number of nitrogens with zero attached hydrogens (tertiary/aromatic N) is 1. The molecule has 1 heterocycles. The second-order valence-corrected chi connectivity index (χ2v) is 14.5. The van der Waals surface area contributed by atoms with Crippen molar-refractivity contribution in [2.75, 3.05) is 6.54 Å². The van der Waals surface area contributed by atoms with Gasteiger partial charge in [-0.2, -0.15) is 0 Å². The molecule has 0 N–H and O–H groups in total. The minimum absolute atomic E-state index is 0.0968. The number of allylic oxidation sites excluding steroid dienone is 4. The predicted molar refractivity (Wildman–Crippen MR) is 159 cm³/mol. The van der Waals surface area contributed by atoms with Crippen molar-refractivity contribution >= 4 is 56.7 Å². The van der Waals surface area contributed by atoms with Crippen molar-refractivity contribution in [1.82, 2.24) is 4.90 Å². The Morgan fingerprint density at radius 1 is 0.951 bits per heavy atom. The van der Waals surface area contributed by atoms with Gasteiger partial charge < -0.3 is 19.5 Å². The summed E-state index contributed by atoms with van der Waals surface area (Å²) in [7, 11) is 0. The molecule has 9 heteroatoms. The van der Waals surface area contributed by atoms with E-state index in [0.29, 0.717) is 56.7 Å². The molecule has 0 atom stereocenters. The SMILES string of the molecule is CC1(C)CC(=O)C2=C(C1)N(CC(=O)[O-])C1=C(C(=O)CC(C)(C)C1)C2c1cc(Br)ccc1OCc1ccc(Cl)cc1Cl. The average molecular weight is 660 g/mol. The Morgan fingerprint density at radius 2 is 1.54 bits per heavy atom. The van der Waals surface area contributed by atoms with Gasteiger partial charge in [0.25, 0.3) is 0 Å². The number of carboxylic acid groups (broad SMARTS) is 1. The van der Waals surface area contributed by atoms with Gasteiger partial charge >= 0.3 is 0 Å². The van der Waals surface area contributed by atoms with E-state index in [1.807, 2.05) is 45.9 Å². The standard InChI is InChI=1S/C32H32BrCl2NO5/c1-31(2)11-22-29(24(37)13-31)28(30-23(36(22)15-27(39)40)12-32(3,4)14-25(30)38)20-9-18(33)6-8-26(20)41-16-17-5-7-19(34)10-21(17)35/h5-10,28H,11-16H2,1-4H3,(H,39,40)/p-1. The van der Waals surface area contributed by atoms with Crippen molar-refractivity contribution < 1.29 is 24.2 Å². The quantitative estimate of drug-likeness (QED) is 0.340. The summed E-state index contributed by atoms with van der Waals surface area (Å²) < 4.78 is 7.08. The Morgan fingerprint density at radius 3 is 2.07 bits per heavy atom. The summed E-state index contributed by atoms with van der Waals surface area (Å²) in [6.45, 7) is 7.74. The number of aliphatic carboxylic acids is 1. The zero-order valence-corrected chi connectivity index (χ0v) is 26.5. The second-order valence-electron chi connectivity index (χ2n) is 12.7. The highest BCUT2D eigenvalue weighted by Crippen LogP contribution is 2.55. The molecule has 0 unspecified atom stereocenters. The molecule has 0 radical (unpaired) electrons. The third-order valence-electron chi connectivity index (χ3n) is 7.99. The lowest BCUT2D eigenvalue weighted by molar-refractivity contribution is -0.305. The number of carbonyl (C=O) groups is 3. The molecule has 2 aliphatic carbocycles. The summed E-state index contributed by atoms with van der Waals surface area (Å²) in [5, 5.41) is 13.0. The minimum atomic E-state index is -1.26. The van der Waals surface area contributed by atoms with Crippen LogP contribution in [0.5, 0.6) is 5.75 Å². The van der Waals surface area contributed by atoms with E-state index < -0.39 is 18.4 Å². The molecule has 2 aromatic carbocycles. The van der Waals surface area contributed by atoms with E-state index in [-0.39, 0.29) is 41.8 Å². The zero-order chi connectivity index (χ0) is 29.9. The molecule has 216 valence electrons. The molecule has 2 aromatic rings. The van der Waals surface area contributed by atoms with Gasteiger partial charge in [-0.3, -0.25) is 9.59 Å². The van der Waals surface area contributed by atoms with Gasteiger partial charge in [0, 0.05) is 66.9 Å². The number of carbonyl (C=O) groups excluding carboxylic acids is 3. The number of rotatable bonds is 6. The van der Waals surface area contributed by atoms with E-state index in [9.17, 15) is 19.5 Å². The van der Waals surface area contributed by atoms with Gasteiger partial charge in [0.05, 0.1) is 12.5 Å². The number of ether oxygens (including phenoxy) is 1. The van der Waals surface area contributed by atoms with E-state index in [1.165, 1.54) is 0 Å². The monoisotopic (exact) mass is 658 g/mol. The van der Waals surface area contributed by atoms with E-state index in [0.717, 1.165) is 10.0 Å². The first-order chi connectivity index (χ1) is 19.2. The number of ketones is 2. The van der Waals surface area contributed by atoms with Crippen LogP contribution in [-0.2, 0) is 21.0 Å². The molecule has 0 amide bonds. The van der Waals surface area contributed by atoms with Crippen LogP contribution in [0.25, 0.3) is 0 Å². The van der Waals surface area contributed by atoms with Gasteiger partial charge in [-0.15, -0.1) is 0 Å². The fourth-order valence-electron chi connectivity index (χ4n) is 6.35. The van der Waals surface area contributed by atoms with Crippen molar-refractivity contribution in [3.8, 4) is 5.75 Å².